The van der Waals surface area contributed by atoms with Gasteiger partial charge in [0.05, 0.1) is 0 Å². The summed E-state index contributed by atoms with van der Waals surface area (Å²) >= 11 is 0. The number of rotatable bonds is 3. The number of amides is 2. The van der Waals surface area contributed by atoms with Crippen molar-refractivity contribution in [1.29, 1.82) is 0 Å². The van der Waals surface area contributed by atoms with Crippen molar-refractivity contribution in [1.82, 2.24) is 14.9 Å². The second kappa shape index (κ2) is 7.88. The van der Waals surface area contributed by atoms with Gasteiger partial charge in [0, 0.05) is 44.0 Å². The average Bonchev–Trinajstić information content (AvgIpc) is 2.72. The van der Waals surface area contributed by atoms with Crippen molar-refractivity contribution >= 4 is 11.8 Å². The van der Waals surface area contributed by atoms with E-state index < -0.39 is 58.1 Å². The number of nitrogens with zero attached hydrogens (tertiary/aromatic N) is 3. The van der Waals surface area contributed by atoms with E-state index in [0.29, 0.717) is 25.1 Å². The fraction of sp³-hybridized carbons (Fsp3) is 0.381. The van der Waals surface area contributed by atoms with Gasteiger partial charge in [-0.25, -0.2) is 13.2 Å². The third kappa shape index (κ3) is 3.47. The first kappa shape index (κ1) is 21.7. The summed E-state index contributed by atoms with van der Waals surface area (Å²) in [6.07, 6.45) is 2.38. The Morgan fingerprint density at radius 3 is 2.50 bits per heavy atom. The second-order valence-corrected chi connectivity index (χ2v) is 8.15. The number of hydrogen-bond acceptors (Lipinski definition) is 5. The summed E-state index contributed by atoms with van der Waals surface area (Å²) < 4.78 is 42.1. The van der Waals surface area contributed by atoms with Crippen LogP contribution < -0.4 is 15.8 Å². The maximum absolute atomic E-state index is 13.8. The van der Waals surface area contributed by atoms with E-state index in [1.165, 1.54) is 9.58 Å². The summed E-state index contributed by atoms with van der Waals surface area (Å²) in [4.78, 5) is 39.5. The molecule has 170 valence electrons. The molecule has 0 saturated carbocycles. The lowest BCUT2D eigenvalue weighted by molar-refractivity contribution is 0.0566. The molecule has 2 aliphatic rings. The Hall–Kier alpha value is -3.50. The molecular formula is C21H21F3N4O4. The van der Waals surface area contributed by atoms with Gasteiger partial charge in [-0.3, -0.25) is 24.1 Å². The summed E-state index contributed by atoms with van der Waals surface area (Å²) in [5, 5.41) is 14.5. The summed E-state index contributed by atoms with van der Waals surface area (Å²) in [6.45, 7) is 1.89. The van der Waals surface area contributed by atoms with Crippen LogP contribution in [0.15, 0.2) is 23.1 Å². The normalized spacial score (nSPS) is 20.1. The molecule has 8 nitrogen and oxygen atoms in total. The number of aromatic nitrogens is 1. The highest BCUT2D eigenvalue weighted by molar-refractivity contribution is 5.99. The van der Waals surface area contributed by atoms with Crippen molar-refractivity contribution in [3.8, 4) is 5.75 Å². The predicted octanol–water partition coefficient (Wildman–Crippen LogP) is 1.68. The molecule has 0 bridgehead atoms. The Bertz CT molecular complexity index is 1160. The fourth-order valence-electron chi connectivity index (χ4n) is 4.20. The number of hydrogen-bond donors (Lipinski definition) is 2. The van der Waals surface area contributed by atoms with Gasteiger partial charge in [0.25, 0.3) is 11.8 Å². The number of halogens is 3. The zero-order valence-electron chi connectivity index (χ0n) is 17.4. The van der Waals surface area contributed by atoms with E-state index in [4.69, 9.17) is 0 Å². The lowest BCUT2D eigenvalue weighted by atomic mass is 9.97. The maximum Gasteiger partial charge on any atom is 0.277 e. The zero-order chi connectivity index (χ0) is 23.3. The summed E-state index contributed by atoms with van der Waals surface area (Å²) in [5.74, 6) is -5.66. The number of fused-ring (bicyclic) bond motifs is 3. The lowest BCUT2D eigenvalue weighted by Crippen LogP contribution is -2.63. The molecule has 3 heterocycles. The van der Waals surface area contributed by atoms with Gasteiger partial charge in [0.1, 0.15) is 29.2 Å². The van der Waals surface area contributed by atoms with Gasteiger partial charge in [-0.2, -0.15) is 0 Å². The van der Waals surface area contributed by atoms with Gasteiger partial charge in [0.15, 0.2) is 11.4 Å². The van der Waals surface area contributed by atoms with Crippen molar-refractivity contribution in [2.45, 2.75) is 32.5 Å². The van der Waals surface area contributed by atoms with Gasteiger partial charge in [-0.05, 0) is 18.8 Å². The largest absolute Gasteiger partial charge is 0.502 e. The minimum absolute atomic E-state index is 0.255. The molecule has 0 unspecified atom stereocenters. The Balaban J connectivity index is 1.70. The number of nitrogens with one attached hydrogen (secondary N) is 1. The van der Waals surface area contributed by atoms with Gasteiger partial charge in [-0.1, -0.05) is 6.92 Å². The first-order valence-corrected chi connectivity index (χ1v) is 10.0. The van der Waals surface area contributed by atoms with Crippen LogP contribution in [0.5, 0.6) is 5.75 Å². The topological polar surface area (TPSA) is 94.9 Å². The van der Waals surface area contributed by atoms with Crippen molar-refractivity contribution in [2.24, 2.45) is 5.92 Å². The molecule has 2 amide bonds. The van der Waals surface area contributed by atoms with Crippen LogP contribution in [0.25, 0.3) is 0 Å². The summed E-state index contributed by atoms with van der Waals surface area (Å²) in [5.41, 5.74) is -2.42. The van der Waals surface area contributed by atoms with Gasteiger partial charge in [0.2, 0.25) is 5.43 Å². The smallest absolute Gasteiger partial charge is 0.277 e. The van der Waals surface area contributed by atoms with Crippen LogP contribution >= 0.6 is 0 Å². The molecular weight excluding hydrogens is 429 g/mol. The summed E-state index contributed by atoms with van der Waals surface area (Å²) in [7, 11) is 1.58. The minimum Gasteiger partial charge on any atom is -0.502 e. The highest BCUT2D eigenvalue weighted by Gasteiger charge is 2.41. The van der Waals surface area contributed by atoms with Crippen LogP contribution in [0.2, 0.25) is 0 Å². The molecule has 2 aliphatic heterocycles. The highest BCUT2D eigenvalue weighted by atomic mass is 19.1. The van der Waals surface area contributed by atoms with Crippen molar-refractivity contribution in [3.05, 3.63) is 62.8 Å². The number of pyridine rings is 1. The van der Waals surface area contributed by atoms with E-state index in [9.17, 15) is 32.7 Å². The van der Waals surface area contributed by atoms with Crippen LogP contribution in [0.3, 0.4) is 0 Å². The molecule has 1 fully saturated rings. The number of aromatic hydroxyl groups is 1. The molecule has 1 aromatic carbocycles. The number of carbonyl (C=O) groups excluding carboxylic acids is 2. The van der Waals surface area contributed by atoms with Gasteiger partial charge in [-0.15, -0.1) is 0 Å². The molecule has 4 rings (SSSR count). The molecule has 1 saturated heterocycles. The molecule has 32 heavy (non-hydrogen) atoms. The van der Waals surface area contributed by atoms with Crippen LogP contribution in [0, 0.1) is 23.4 Å². The SMILES string of the molecule is C[C@H]1CC[C@H]2N(C)C(=O)c3c(O)c(=O)c(C(=O)NCc4c(F)cc(F)cc4F)cn3N2C1. The average molecular weight is 450 g/mol. The number of carbonyl (C=O) groups is 2. The monoisotopic (exact) mass is 450 g/mol. The van der Waals surface area contributed by atoms with E-state index in [0.717, 1.165) is 12.6 Å². The van der Waals surface area contributed by atoms with Crippen molar-refractivity contribution in [2.75, 3.05) is 18.6 Å². The molecule has 0 aliphatic carbocycles. The lowest BCUT2D eigenvalue weighted by Gasteiger charge is -2.49. The zero-order valence-corrected chi connectivity index (χ0v) is 17.4. The third-order valence-corrected chi connectivity index (χ3v) is 5.95. The van der Waals surface area contributed by atoms with E-state index in [1.807, 2.05) is 6.92 Å². The molecule has 0 radical (unpaired) electrons. The Labute approximate surface area is 180 Å². The first-order chi connectivity index (χ1) is 15.1. The Morgan fingerprint density at radius 1 is 1.19 bits per heavy atom. The molecule has 1 aromatic heterocycles. The first-order valence-electron chi connectivity index (χ1n) is 10.0. The second-order valence-electron chi connectivity index (χ2n) is 8.15. The molecule has 0 spiro atoms. The number of piperidine rings is 1. The molecule has 2 N–H and O–H groups in total. The van der Waals surface area contributed by atoms with E-state index in [-0.39, 0.29) is 17.8 Å². The van der Waals surface area contributed by atoms with Gasteiger partial charge >= 0.3 is 0 Å². The predicted molar refractivity (Wildman–Crippen MR) is 107 cm³/mol. The van der Waals surface area contributed by atoms with Crippen molar-refractivity contribution < 1.29 is 27.9 Å². The quantitative estimate of drug-likeness (QED) is 0.742. The van der Waals surface area contributed by atoms with Crippen LogP contribution in [0.1, 0.15) is 46.2 Å². The number of benzene rings is 1. The van der Waals surface area contributed by atoms with Crippen LogP contribution in [-0.4, -0.2) is 46.3 Å². The molecule has 2 aromatic rings. The molecule has 11 heteroatoms. The van der Waals surface area contributed by atoms with Crippen molar-refractivity contribution in [3.63, 3.8) is 0 Å². The van der Waals surface area contributed by atoms with Crippen LogP contribution in [-0.2, 0) is 6.54 Å². The summed E-state index contributed by atoms with van der Waals surface area (Å²) in [6, 6.07) is 0.952. The van der Waals surface area contributed by atoms with Gasteiger partial charge < -0.3 is 15.3 Å². The third-order valence-electron chi connectivity index (χ3n) is 5.95. The fourth-order valence-corrected chi connectivity index (χ4v) is 4.20. The Morgan fingerprint density at radius 2 is 1.84 bits per heavy atom. The Kier molecular flexibility index (Phi) is 5.35. The van der Waals surface area contributed by atoms with Crippen LogP contribution in [0.4, 0.5) is 13.2 Å². The van der Waals surface area contributed by atoms with E-state index in [1.54, 1.807) is 12.1 Å². The highest BCUT2D eigenvalue weighted by Crippen LogP contribution is 2.30. The standard InChI is InChI=1S/C21H21F3N4O4/c1-10-3-4-16-26(2)21(32)17-19(30)18(29)13(9-28(17)27(16)8-10)20(31)25-7-12-14(23)5-11(22)6-15(12)24/h5-6,9-10,16,30H,3-4,7-8H2,1-2H3,(H,25,31)/t10-,16-/m0/s1. The minimum atomic E-state index is -1.19. The van der Waals surface area contributed by atoms with E-state index >= 15 is 0 Å². The molecule has 2 atom stereocenters. The maximum atomic E-state index is 13.8. The van der Waals surface area contributed by atoms with E-state index in [2.05, 4.69) is 5.32 Å².